The van der Waals surface area contributed by atoms with Gasteiger partial charge in [-0.25, -0.2) is 0 Å². The Kier molecular flexibility index (Phi) is 4.27. The van der Waals surface area contributed by atoms with Crippen LogP contribution in [0.1, 0.15) is 29.6 Å². The zero-order chi connectivity index (χ0) is 13.8. The summed E-state index contributed by atoms with van der Waals surface area (Å²) in [6.07, 6.45) is 3.13. The van der Waals surface area contributed by atoms with E-state index in [4.69, 9.17) is 15.2 Å². The highest BCUT2D eigenvalue weighted by Crippen LogP contribution is 2.24. The lowest BCUT2D eigenvalue weighted by Gasteiger charge is -2.19. The van der Waals surface area contributed by atoms with E-state index in [2.05, 4.69) is 5.32 Å². The van der Waals surface area contributed by atoms with Crippen LogP contribution in [0, 0.1) is 0 Å². The standard InChI is InChI=1S/C14H20N2O3/c1-18-12-7-6-9(8-10(12)15)14(17)16-11-4-3-5-13(11)19-2/h6-8,11,13H,3-5,15H2,1-2H3,(H,16,17). The molecule has 3 N–H and O–H groups in total. The molecule has 5 nitrogen and oxygen atoms in total. The van der Waals surface area contributed by atoms with E-state index in [1.54, 1.807) is 32.4 Å². The van der Waals surface area contributed by atoms with Gasteiger partial charge in [-0.15, -0.1) is 0 Å². The van der Waals surface area contributed by atoms with Crippen molar-refractivity contribution in [2.75, 3.05) is 20.0 Å². The number of nitrogens with one attached hydrogen (secondary N) is 1. The van der Waals surface area contributed by atoms with Crippen LogP contribution in [0.25, 0.3) is 0 Å². The van der Waals surface area contributed by atoms with E-state index < -0.39 is 0 Å². The van der Waals surface area contributed by atoms with Gasteiger partial charge in [0.05, 0.1) is 24.9 Å². The average Bonchev–Trinajstić information content (AvgIpc) is 2.85. The Bertz CT molecular complexity index is 462. The van der Waals surface area contributed by atoms with Crippen molar-refractivity contribution in [1.29, 1.82) is 0 Å². The number of carbonyl (C=O) groups is 1. The number of amides is 1. The van der Waals surface area contributed by atoms with E-state index in [0.29, 0.717) is 17.0 Å². The summed E-state index contributed by atoms with van der Waals surface area (Å²) in [6.45, 7) is 0. The minimum atomic E-state index is -0.122. The summed E-state index contributed by atoms with van der Waals surface area (Å²) in [6, 6.07) is 5.12. The van der Waals surface area contributed by atoms with Crippen LogP contribution >= 0.6 is 0 Å². The Hall–Kier alpha value is -1.75. The molecule has 0 heterocycles. The second-order valence-corrected chi connectivity index (χ2v) is 4.74. The van der Waals surface area contributed by atoms with Crippen molar-refractivity contribution in [3.63, 3.8) is 0 Å². The molecule has 5 heteroatoms. The number of nitrogen functional groups attached to an aromatic ring is 1. The molecule has 1 amide bonds. The molecular weight excluding hydrogens is 244 g/mol. The fourth-order valence-corrected chi connectivity index (χ4v) is 2.50. The third kappa shape index (κ3) is 2.98. The first kappa shape index (κ1) is 13.7. The topological polar surface area (TPSA) is 73.6 Å². The summed E-state index contributed by atoms with van der Waals surface area (Å²) in [7, 11) is 3.23. The first-order valence-corrected chi connectivity index (χ1v) is 6.43. The quantitative estimate of drug-likeness (QED) is 0.810. The lowest BCUT2D eigenvalue weighted by molar-refractivity contribution is 0.0722. The highest BCUT2D eigenvalue weighted by molar-refractivity contribution is 5.95. The van der Waals surface area contributed by atoms with Crippen LogP contribution in [0.2, 0.25) is 0 Å². The van der Waals surface area contributed by atoms with Gasteiger partial charge in [0, 0.05) is 12.7 Å². The van der Waals surface area contributed by atoms with E-state index in [1.165, 1.54) is 0 Å². The van der Waals surface area contributed by atoms with Crippen LogP contribution in [-0.2, 0) is 4.74 Å². The van der Waals surface area contributed by atoms with E-state index in [1.807, 2.05) is 0 Å². The maximum absolute atomic E-state index is 12.2. The number of methoxy groups -OCH3 is 2. The van der Waals surface area contributed by atoms with E-state index in [-0.39, 0.29) is 18.1 Å². The summed E-state index contributed by atoms with van der Waals surface area (Å²) in [5.74, 6) is 0.454. The van der Waals surface area contributed by atoms with Gasteiger partial charge in [-0.2, -0.15) is 0 Å². The molecule has 1 aliphatic carbocycles. The van der Waals surface area contributed by atoms with Crippen molar-refractivity contribution >= 4 is 11.6 Å². The van der Waals surface area contributed by atoms with Crippen molar-refractivity contribution < 1.29 is 14.3 Å². The number of hydrogen-bond donors (Lipinski definition) is 2. The van der Waals surface area contributed by atoms with E-state index >= 15 is 0 Å². The number of anilines is 1. The minimum Gasteiger partial charge on any atom is -0.495 e. The first-order valence-electron chi connectivity index (χ1n) is 6.43. The highest BCUT2D eigenvalue weighted by atomic mass is 16.5. The van der Waals surface area contributed by atoms with Crippen molar-refractivity contribution in [1.82, 2.24) is 5.32 Å². The van der Waals surface area contributed by atoms with Crippen LogP contribution < -0.4 is 15.8 Å². The molecule has 0 saturated heterocycles. The minimum absolute atomic E-state index is 0.0841. The SMILES string of the molecule is COc1ccc(C(=O)NC2CCCC2OC)cc1N. The van der Waals surface area contributed by atoms with Crippen LogP contribution in [0.15, 0.2) is 18.2 Å². The summed E-state index contributed by atoms with van der Waals surface area (Å²) < 4.78 is 10.4. The van der Waals surface area contributed by atoms with Gasteiger partial charge < -0.3 is 20.5 Å². The molecule has 0 spiro atoms. The molecule has 1 aliphatic rings. The Morgan fingerprint density at radius 1 is 1.37 bits per heavy atom. The molecule has 0 radical (unpaired) electrons. The van der Waals surface area contributed by atoms with Gasteiger partial charge >= 0.3 is 0 Å². The van der Waals surface area contributed by atoms with Crippen molar-refractivity contribution in [3.05, 3.63) is 23.8 Å². The molecule has 0 aromatic heterocycles. The summed E-state index contributed by atoms with van der Waals surface area (Å²) in [4.78, 5) is 12.2. The van der Waals surface area contributed by atoms with Gasteiger partial charge in [-0.1, -0.05) is 0 Å². The number of ether oxygens (including phenoxy) is 2. The summed E-state index contributed by atoms with van der Waals surface area (Å²) in [5, 5.41) is 3.00. The zero-order valence-corrected chi connectivity index (χ0v) is 11.3. The second kappa shape index (κ2) is 5.93. The normalized spacial score (nSPS) is 22.2. The fourth-order valence-electron chi connectivity index (χ4n) is 2.50. The van der Waals surface area contributed by atoms with Crippen molar-refractivity contribution in [3.8, 4) is 5.75 Å². The highest BCUT2D eigenvalue weighted by Gasteiger charge is 2.28. The van der Waals surface area contributed by atoms with Gasteiger partial charge in [-0.05, 0) is 37.5 Å². The van der Waals surface area contributed by atoms with Crippen molar-refractivity contribution in [2.24, 2.45) is 0 Å². The Labute approximate surface area is 113 Å². The predicted octanol–water partition coefficient (Wildman–Crippen LogP) is 1.57. The predicted molar refractivity (Wildman–Crippen MR) is 73.3 cm³/mol. The fraction of sp³-hybridized carbons (Fsp3) is 0.500. The summed E-state index contributed by atoms with van der Waals surface area (Å²) in [5.41, 5.74) is 6.81. The molecule has 0 aliphatic heterocycles. The van der Waals surface area contributed by atoms with Gasteiger partial charge in [0.2, 0.25) is 0 Å². The lowest BCUT2D eigenvalue weighted by atomic mass is 10.1. The Balaban J connectivity index is 2.05. The molecule has 2 atom stereocenters. The molecule has 1 saturated carbocycles. The van der Waals surface area contributed by atoms with Crippen LogP contribution in [-0.4, -0.2) is 32.3 Å². The molecule has 2 unspecified atom stereocenters. The van der Waals surface area contributed by atoms with Crippen LogP contribution in [0.4, 0.5) is 5.69 Å². The second-order valence-electron chi connectivity index (χ2n) is 4.74. The number of rotatable bonds is 4. The number of benzene rings is 1. The third-order valence-corrected chi connectivity index (χ3v) is 3.56. The van der Waals surface area contributed by atoms with Crippen LogP contribution in [0.3, 0.4) is 0 Å². The smallest absolute Gasteiger partial charge is 0.251 e. The van der Waals surface area contributed by atoms with Gasteiger partial charge in [-0.3, -0.25) is 4.79 Å². The molecular formula is C14H20N2O3. The largest absolute Gasteiger partial charge is 0.495 e. The molecule has 0 bridgehead atoms. The average molecular weight is 264 g/mol. The third-order valence-electron chi connectivity index (χ3n) is 3.56. The maximum atomic E-state index is 12.2. The molecule has 19 heavy (non-hydrogen) atoms. The molecule has 104 valence electrons. The zero-order valence-electron chi connectivity index (χ0n) is 11.3. The Morgan fingerprint density at radius 3 is 2.79 bits per heavy atom. The van der Waals surface area contributed by atoms with E-state index in [0.717, 1.165) is 19.3 Å². The number of hydrogen-bond acceptors (Lipinski definition) is 4. The summed E-state index contributed by atoms with van der Waals surface area (Å²) >= 11 is 0. The maximum Gasteiger partial charge on any atom is 0.251 e. The van der Waals surface area contributed by atoms with Gasteiger partial charge in [0.25, 0.3) is 5.91 Å². The van der Waals surface area contributed by atoms with Crippen molar-refractivity contribution in [2.45, 2.75) is 31.4 Å². The van der Waals surface area contributed by atoms with Crippen LogP contribution in [0.5, 0.6) is 5.75 Å². The first-order chi connectivity index (χ1) is 9.15. The number of nitrogens with two attached hydrogens (primary N) is 1. The molecule has 1 aromatic rings. The molecule has 1 aromatic carbocycles. The Morgan fingerprint density at radius 2 is 2.16 bits per heavy atom. The number of carbonyl (C=O) groups excluding carboxylic acids is 1. The van der Waals surface area contributed by atoms with Gasteiger partial charge in [0.15, 0.2) is 0 Å². The monoisotopic (exact) mass is 264 g/mol. The lowest BCUT2D eigenvalue weighted by Crippen LogP contribution is -2.40. The molecule has 2 rings (SSSR count). The molecule has 1 fully saturated rings. The van der Waals surface area contributed by atoms with E-state index in [9.17, 15) is 4.79 Å². The van der Waals surface area contributed by atoms with Gasteiger partial charge in [0.1, 0.15) is 5.75 Å².